The number of nitrogens with zero attached hydrogens (tertiary/aromatic N) is 1. The monoisotopic (exact) mass is 547 g/mol. The van der Waals surface area contributed by atoms with Crippen molar-refractivity contribution in [3.8, 4) is 0 Å². The maximum absolute atomic E-state index is 12.9. The number of halogens is 1. The Morgan fingerprint density at radius 2 is 1.48 bits per heavy atom. The van der Waals surface area contributed by atoms with Gasteiger partial charge >= 0.3 is 195 Å². The van der Waals surface area contributed by atoms with Gasteiger partial charge in [-0.2, -0.15) is 0 Å². The predicted molar refractivity (Wildman–Crippen MR) is 132 cm³/mol. The number of hydroxylamine groups is 2. The molecular formula is C24H38INO5. The summed E-state index contributed by atoms with van der Waals surface area (Å²) in [4.78, 5) is 31.5. The molecule has 0 radical (unpaired) electrons. The molecule has 1 amide bonds. The van der Waals surface area contributed by atoms with E-state index in [0.717, 1.165) is 40.1 Å². The number of carbonyl (C=O) groups excluding carboxylic acids is 2. The quantitative estimate of drug-likeness (QED) is 0.177. The molecule has 0 aliphatic carbocycles. The molecule has 6 nitrogen and oxygen atoms in total. The van der Waals surface area contributed by atoms with Gasteiger partial charge in [0.25, 0.3) is 0 Å². The van der Waals surface area contributed by atoms with Crippen LogP contribution < -0.4 is 0 Å². The van der Waals surface area contributed by atoms with Gasteiger partial charge in [0.05, 0.1) is 0 Å². The summed E-state index contributed by atoms with van der Waals surface area (Å²) in [5.41, 5.74) is -0.0266. The summed E-state index contributed by atoms with van der Waals surface area (Å²) >= 11 is -1.81. The third-order valence-electron chi connectivity index (χ3n) is 4.52. The first-order chi connectivity index (χ1) is 14.4. The number of hydrogen-bond acceptors (Lipinski definition) is 5. The first-order valence-electron chi connectivity index (χ1n) is 11.0. The topological polar surface area (TPSA) is 65.1 Å². The molecule has 1 aromatic carbocycles. The predicted octanol–water partition coefficient (Wildman–Crippen LogP) is 6.74. The molecule has 7 heteroatoms. The molecule has 1 fully saturated rings. The van der Waals surface area contributed by atoms with E-state index in [1.165, 1.54) is 5.06 Å². The van der Waals surface area contributed by atoms with E-state index >= 15 is 0 Å². The van der Waals surface area contributed by atoms with Gasteiger partial charge in [0.1, 0.15) is 0 Å². The SMILES string of the molecule is CC(C)(C)OC(=O)N(OCc1ccccc1)C1CCCI(C(=O)OC(C)(C)C)CCC1. The molecule has 1 aromatic rings. The normalized spacial score (nSPS) is 17.4. The summed E-state index contributed by atoms with van der Waals surface area (Å²) in [6.07, 6.45) is 2.93. The van der Waals surface area contributed by atoms with Crippen LogP contribution in [0, 0.1) is 0 Å². The van der Waals surface area contributed by atoms with Gasteiger partial charge in [-0.3, -0.25) is 0 Å². The average Bonchev–Trinajstić information content (AvgIpc) is 2.61. The van der Waals surface area contributed by atoms with Crippen molar-refractivity contribution in [2.24, 2.45) is 0 Å². The van der Waals surface area contributed by atoms with Crippen LogP contribution in [0.25, 0.3) is 0 Å². The van der Waals surface area contributed by atoms with Crippen LogP contribution >= 0.6 is 19.8 Å². The van der Waals surface area contributed by atoms with Crippen LogP contribution in [0.3, 0.4) is 0 Å². The Kier molecular flexibility index (Phi) is 9.61. The van der Waals surface area contributed by atoms with Crippen LogP contribution in [-0.2, 0) is 20.9 Å². The number of benzene rings is 1. The molecule has 0 aromatic heterocycles. The Hall–Kier alpha value is -1.35. The Morgan fingerprint density at radius 3 is 2.00 bits per heavy atom. The van der Waals surface area contributed by atoms with E-state index < -0.39 is 37.1 Å². The van der Waals surface area contributed by atoms with E-state index in [-0.39, 0.29) is 10.0 Å². The van der Waals surface area contributed by atoms with Gasteiger partial charge < -0.3 is 0 Å². The first kappa shape index (κ1) is 25.9. The molecular weight excluding hydrogens is 509 g/mol. The zero-order chi connectivity index (χ0) is 23.1. The fourth-order valence-electron chi connectivity index (χ4n) is 3.20. The molecule has 1 aliphatic rings. The van der Waals surface area contributed by atoms with Crippen molar-refractivity contribution in [2.45, 2.75) is 91.1 Å². The number of amides is 1. The molecule has 0 spiro atoms. The van der Waals surface area contributed by atoms with Crippen molar-refractivity contribution in [1.82, 2.24) is 5.06 Å². The van der Waals surface area contributed by atoms with Crippen LogP contribution in [0.1, 0.15) is 72.8 Å². The number of alkyl halides is 2. The van der Waals surface area contributed by atoms with Crippen molar-refractivity contribution < 1.29 is 23.9 Å². The zero-order valence-corrected chi connectivity index (χ0v) is 21.9. The molecule has 2 rings (SSSR count). The van der Waals surface area contributed by atoms with Crippen LogP contribution in [0.5, 0.6) is 0 Å². The molecule has 0 saturated carbocycles. The number of hydrogen-bond donors (Lipinski definition) is 0. The Balaban J connectivity index is 2.02. The fraction of sp³-hybridized carbons (Fsp3) is 0.667. The van der Waals surface area contributed by atoms with Crippen LogP contribution in [0.15, 0.2) is 30.3 Å². The maximum atomic E-state index is 12.9. The summed E-state index contributed by atoms with van der Waals surface area (Å²) in [7, 11) is 0. The van der Waals surface area contributed by atoms with E-state index in [1.807, 2.05) is 71.9 Å². The molecule has 31 heavy (non-hydrogen) atoms. The summed E-state index contributed by atoms with van der Waals surface area (Å²) in [5, 5.41) is 1.44. The van der Waals surface area contributed by atoms with Crippen LogP contribution in [0.4, 0.5) is 9.59 Å². The van der Waals surface area contributed by atoms with Crippen LogP contribution in [-0.4, -0.2) is 41.2 Å². The molecule has 0 bridgehead atoms. The molecule has 0 atom stereocenters. The van der Waals surface area contributed by atoms with Gasteiger partial charge in [0, 0.05) is 0 Å². The average molecular weight is 547 g/mol. The standard InChI is InChI=1S/C24H38INO5/c1-23(2,3)30-21(27)25-16-10-14-20(15-11-17-25)26(22(28)31-24(4,5)6)29-18-19-12-8-7-9-13-19/h7-9,12-13,20H,10-11,14-18H2,1-6H3. The van der Waals surface area contributed by atoms with Crippen molar-refractivity contribution >= 4 is 29.9 Å². The summed E-state index contributed by atoms with van der Waals surface area (Å²) in [6.45, 7) is 11.6. The number of carbonyl (C=O) groups is 2. The van der Waals surface area contributed by atoms with Gasteiger partial charge in [-0.15, -0.1) is 0 Å². The van der Waals surface area contributed by atoms with Gasteiger partial charge in [-0.05, 0) is 0 Å². The van der Waals surface area contributed by atoms with E-state index in [4.69, 9.17) is 14.3 Å². The Morgan fingerprint density at radius 1 is 0.935 bits per heavy atom. The van der Waals surface area contributed by atoms with Gasteiger partial charge in [0.15, 0.2) is 0 Å². The Bertz CT molecular complexity index is 701. The fourth-order valence-corrected chi connectivity index (χ4v) is 8.32. The number of rotatable bonds is 5. The second-order valence-corrected chi connectivity index (χ2v) is 15.4. The van der Waals surface area contributed by atoms with Gasteiger partial charge in [-0.1, -0.05) is 0 Å². The minimum atomic E-state index is -1.81. The second kappa shape index (κ2) is 11.5. The first-order valence-corrected chi connectivity index (χ1v) is 15.1. The molecule has 1 saturated heterocycles. The van der Waals surface area contributed by atoms with E-state index in [9.17, 15) is 9.59 Å². The number of ether oxygens (including phenoxy) is 2. The molecule has 0 N–H and O–H groups in total. The summed E-state index contributed by atoms with van der Waals surface area (Å²) in [6, 6.07) is 9.75. The minimum absolute atomic E-state index is 0.0412. The van der Waals surface area contributed by atoms with Gasteiger partial charge in [-0.25, -0.2) is 0 Å². The van der Waals surface area contributed by atoms with Crippen molar-refractivity contribution in [1.29, 1.82) is 0 Å². The van der Waals surface area contributed by atoms with Crippen molar-refractivity contribution in [2.75, 3.05) is 8.86 Å². The molecule has 176 valence electrons. The molecule has 1 heterocycles. The molecule has 1 aliphatic heterocycles. The van der Waals surface area contributed by atoms with E-state index in [0.29, 0.717) is 6.61 Å². The Labute approximate surface area is 194 Å². The van der Waals surface area contributed by atoms with E-state index in [1.54, 1.807) is 0 Å². The summed E-state index contributed by atoms with van der Waals surface area (Å²) in [5.74, 6) is 0. The summed E-state index contributed by atoms with van der Waals surface area (Å²) < 4.78 is 13.1. The molecule has 0 unspecified atom stereocenters. The van der Waals surface area contributed by atoms with Crippen molar-refractivity contribution in [3.05, 3.63) is 35.9 Å². The third-order valence-corrected chi connectivity index (χ3v) is 10.1. The van der Waals surface area contributed by atoms with E-state index in [2.05, 4.69) is 0 Å². The third kappa shape index (κ3) is 9.76. The van der Waals surface area contributed by atoms with Crippen molar-refractivity contribution in [3.63, 3.8) is 0 Å². The van der Waals surface area contributed by atoms with Gasteiger partial charge in [0.2, 0.25) is 0 Å². The zero-order valence-electron chi connectivity index (χ0n) is 19.8. The second-order valence-electron chi connectivity index (χ2n) is 9.79. The van der Waals surface area contributed by atoms with Crippen LogP contribution in [0.2, 0.25) is 0 Å².